The summed E-state index contributed by atoms with van der Waals surface area (Å²) < 4.78 is 0. The molecule has 1 aromatic heterocycles. The molecule has 146 valence electrons. The molecule has 3 N–H and O–H groups in total. The Labute approximate surface area is 167 Å². The summed E-state index contributed by atoms with van der Waals surface area (Å²) in [7, 11) is 0. The molecule has 1 aliphatic heterocycles. The van der Waals surface area contributed by atoms with E-state index in [0.29, 0.717) is 28.4 Å². The lowest BCUT2D eigenvalue weighted by Crippen LogP contribution is -2.25. The Morgan fingerprint density at radius 3 is 2.55 bits per heavy atom. The number of aliphatic imine (C=N–C) groups is 1. The number of rotatable bonds is 3. The number of aromatic hydroxyl groups is 1. The SMILES string of the molecule is O=c1[nH]c(=O)c(C2=Nc3ccccc3NC(c3ccc([N+](=O)[O-])cc3)C2)c(O)s1. The monoisotopic (exact) mass is 410 g/mol. The van der Waals surface area contributed by atoms with Crippen molar-refractivity contribution in [2.75, 3.05) is 5.32 Å². The molecule has 0 amide bonds. The molecule has 0 aliphatic carbocycles. The summed E-state index contributed by atoms with van der Waals surface area (Å²) in [6.07, 6.45) is 0.216. The van der Waals surface area contributed by atoms with E-state index in [0.717, 1.165) is 5.56 Å². The molecular weight excluding hydrogens is 396 g/mol. The van der Waals surface area contributed by atoms with Gasteiger partial charge in [-0.25, -0.2) is 0 Å². The number of nitrogens with one attached hydrogen (secondary N) is 2. The minimum atomic E-state index is -0.716. The van der Waals surface area contributed by atoms with Crippen molar-refractivity contribution in [3.63, 3.8) is 0 Å². The average molecular weight is 410 g/mol. The van der Waals surface area contributed by atoms with Crippen molar-refractivity contribution in [2.24, 2.45) is 4.99 Å². The number of non-ortho nitro benzene ring substituents is 1. The first-order valence-corrected chi connectivity index (χ1v) is 9.38. The van der Waals surface area contributed by atoms with Crippen LogP contribution < -0.4 is 15.7 Å². The zero-order valence-electron chi connectivity index (χ0n) is 14.8. The topological polar surface area (TPSA) is 138 Å². The van der Waals surface area contributed by atoms with Crippen LogP contribution in [0.3, 0.4) is 0 Å². The molecule has 1 aliphatic rings. The number of hydrogen-bond acceptors (Lipinski definition) is 8. The van der Waals surface area contributed by atoms with E-state index in [1.54, 1.807) is 24.3 Å². The Hall–Kier alpha value is -3.79. The molecule has 1 atom stereocenters. The largest absolute Gasteiger partial charge is 0.499 e. The van der Waals surface area contributed by atoms with E-state index < -0.39 is 20.4 Å². The molecule has 0 fully saturated rings. The molecule has 1 unspecified atom stereocenters. The number of fused-ring (bicyclic) bond motifs is 1. The summed E-state index contributed by atoms with van der Waals surface area (Å²) in [4.78, 5) is 40.4. The maximum atomic E-state index is 12.4. The highest BCUT2D eigenvalue weighted by atomic mass is 32.1. The summed E-state index contributed by atoms with van der Waals surface area (Å²) in [5.74, 6) is 0. The molecule has 0 bridgehead atoms. The summed E-state index contributed by atoms with van der Waals surface area (Å²) in [5, 5.41) is 24.1. The fourth-order valence-electron chi connectivity index (χ4n) is 3.17. The van der Waals surface area contributed by atoms with Gasteiger partial charge in [-0.3, -0.25) is 29.7 Å². The Balaban J connectivity index is 1.84. The number of aromatic amines is 1. The first-order valence-electron chi connectivity index (χ1n) is 8.56. The number of hydrogen-bond donors (Lipinski definition) is 3. The molecular formula is C19H14N4O5S. The molecule has 2 heterocycles. The number of H-pyrrole nitrogens is 1. The van der Waals surface area contributed by atoms with Gasteiger partial charge in [0.1, 0.15) is 5.56 Å². The van der Waals surface area contributed by atoms with Crippen molar-refractivity contribution in [3.8, 4) is 5.06 Å². The van der Waals surface area contributed by atoms with E-state index in [1.807, 2.05) is 12.1 Å². The van der Waals surface area contributed by atoms with Crippen molar-refractivity contribution < 1.29 is 10.0 Å². The molecule has 0 saturated carbocycles. The van der Waals surface area contributed by atoms with Gasteiger partial charge in [0.25, 0.3) is 11.2 Å². The zero-order valence-corrected chi connectivity index (χ0v) is 15.6. The van der Waals surface area contributed by atoms with Gasteiger partial charge in [-0.05, 0) is 29.0 Å². The zero-order chi connectivity index (χ0) is 20.5. The van der Waals surface area contributed by atoms with Crippen LogP contribution in [0, 0.1) is 10.1 Å². The molecule has 10 heteroatoms. The maximum Gasteiger partial charge on any atom is 0.310 e. The van der Waals surface area contributed by atoms with Gasteiger partial charge >= 0.3 is 4.87 Å². The van der Waals surface area contributed by atoms with E-state index in [-0.39, 0.29) is 23.7 Å². The number of aromatic nitrogens is 1. The van der Waals surface area contributed by atoms with Crippen LogP contribution in [0.15, 0.2) is 63.1 Å². The molecule has 9 nitrogen and oxygen atoms in total. The van der Waals surface area contributed by atoms with Gasteiger partial charge in [0.2, 0.25) is 0 Å². The Bertz CT molecular complexity index is 1250. The highest BCUT2D eigenvalue weighted by Gasteiger charge is 2.25. The van der Waals surface area contributed by atoms with Gasteiger partial charge in [0.05, 0.1) is 28.1 Å². The van der Waals surface area contributed by atoms with Crippen LogP contribution in [0.2, 0.25) is 0 Å². The Morgan fingerprint density at radius 1 is 1.14 bits per heavy atom. The normalized spacial score (nSPS) is 15.6. The molecule has 3 aromatic rings. The first kappa shape index (κ1) is 18.6. The van der Waals surface area contributed by atoms with Gasteiger partial charge in [-0.15, -0.1) is 0 Å². The van der Waals surface area contributed by atoms with Crippen LogP contribution in [-0.4, -0.2) is 20.7 Å². The highest BCUT2D eigenvalue weighted by Crippen LogP contribution is 2.36. The maximum absolute atomic E-state index is 12.4. The van der Waals surface area contributed by atoms with Crippen LogP contribution in [0.5, 0.6) is 5.06 Å². The van der Waals surface area contributed by atoms with Crippen molar-refractivity contribution in [3.05, 3.63) is 89.8 Å². The van der Waals surface area contributed by atoms with E-state index in [1.165, 1.54) is 12.1 Å². The van der Waals surface area contributed by atoms with Gasteiger partial charge in [0, 0.05) is 18.6 Å². The standard InChI is InChI=1S/C19H14N4O5S/c24-17-16(18(25)29-19(26)22-17)15-9-14(10-5-7-11(8-6-10)23(27)28)20-12-3-1-2-4-13(12)21-15/h1-8,14,20,25H,9H2,(H,22,24,26). The number of benzene rings is 2. The second-order valence-corrected chi connectivity index (χ2v) is 7.31. The average Bonchev–Trinajstić information content (AvgIpc) is 2.87. The molecule has 2 aromatic carbocycles. The Morgan fingerprint density at radius 2 is 1.86 bits per heavy atom. The van der Waals surface area contributed by atoms with Crippen molar-refractivity contribution >= 4 is 34.1 Å². The molecule has 0 saturated heterocycles. The van der Waals surface area contributed by atoms with Gasteiger partial charge in [-0.1, -0.05) is 24.3 Å². The van der Waals surface area contributed by atoms with Crippen LogP contribution in [-0.2, 0) is 0 Å². The smallest absolute Gasteiger partial charge is 0.310 e. The lowest BCUT2D eigenvalue weighted by molar-refractivity contribution is -0.384. The third kappa shape index (κ3) is 3.65. The Kier molecular flexibility index (Phi) is 4.69. The predicted octanol–water partition coefficient (Wildman–Crippen LogP) is 3.09. The van der Waals surface area contributed by atoms with Crippen LogP contribution >= 0.6 is 11.3 Å². The van der Waals surface area contributed by atoms with E-state index in [4.69, 9.17) is 0 Å². The number of nitrogens with zero attached hydrogens (tertiary/aromatic N) is 2. The predicted molar refractivity (Wildman–Crippen MR) is 110 cm³/mol. The quantitative estimate of drug-likeness (QED) is 0.448. The number of anilines is 1. The highest BCUT2D eigenvalue weighted by molar-refractivity contribution is 7.11. The van der Waals surface area contributed by atoms with E-state index >= 15 is 0 Å². The van der Waals surface area contributed by atoms with Crippen molar-refractivity contribution in [1.29, 1.82) is 0 Å². The van der Waals surface area contributed by atoms with Crippen LogP contribution in [0.1, 0.15) is 23.6 Å². The van der Waals surface area contributed by atoms with E-state index in [2.05, 4.69) is 15.3 Å². The molecule has 4 rings (SSSR count). The summed E-state index contributed by atoms with van der Waals surface area (Å²) >= 11 is 0.525. The van der Waals surface area contributed by atoms with Crippen molar-refractivity contribution in [1.82, 2.24) is 4.98 Å². The molecule has 0 radical (unpaired) electrons. The van der Waals surface area contributed by atoms with Gasteiger partial charge < -0.3 is 10.4 Å². The second-order valence-electron chi connectivity index (χ2n) is 6.35. The fourth-order valence-corrected chi connectivity index (χ4v) is 3.81. The lowest BCUT2D eigenvalue weighted by atomic mass is 9.98. The lowest BCUT2D eigenvalue weighted by Gasteiger charge is -2.19. The van der Waals surface area contributed by atoms with Gasteiger partial charge in [-0.2, -0.15) is 0 Å². The summed E-state index contributed by atoms with van der Waals surface area (Å²) in [5.41, 5.74) is 1.54. The third-order valence-electron chi connectivity index (χ3n) is 4.53. The first-order chi connectivity index (χ1) is 13.9. The second kappa shape index (κ2) is 7.32. The minimum absolute atomic E-state index is 0.0291. The summed E-state index contributed by atoms with van der Waals surface area (Å²) in [6.45, 7) is 0. The fraction of sp³-hybridized carbons (Fsp3) is 0.105. The van der Waals surface area contributed by atoms with Gasteiger partial charge in [0.15, 0.2) is 5.06 Å². The van der Waals surface area contributed by atoms with E-state index in [9.17, 15) is 24.8 Å². The third-order valence-corrected chi connectivity index (χ3v) is 5.21. The number of nitro benzene ring substituents is 1. The molecule has 0 spiro atoms. The summed E-state index contributed by atoms with van der Waals surface area (Å²) in [6, 6.07) is 12.9. The minimum Gasteiger partial charge on any atom is -0.499 e. The number of nitro groups is 1. The molecule has 29 heavy (non-hydrogen) atoms. The van der Waals surface area contributed by atoms with Crippen LogP contribution in [0.4, 0.5) is 17.1 Å². The van der Waals surface area contributed by atoms with Crippen molar-refractivity contribution in [2.45, 2.75) is 12.5 Å². The number of para-hydroxylation sites is 2. The van der Waals surface area contributed by atoms with Crippen LogP contribution in [0.25, 0.3) is 0 Å².